The summed E-state index contributed by atoms with van der Waals surface area (Å²) in [5, 5.41) is 9.48. The lowest BCUT2D eigenvalue weighted by Crippen LogP contribution is -1.99. The minimum absolute atomic E-state index is 0.661. The van der Waals surface area contributed by atoms with Crippen molar-refractivity contribution in [3.05, 3.63) is 84.2 Å². The molecule has 0 aliphatic carbocycles. The summed E-state index contributed by atoms with van der Waals surface area (Å²) in [5.74, 6) is 0.799. The molecular formula is C22H17N3O. The second-order valence-electron chi connectivity index (χ2n) is 6.08. The van der Waals surface area contributed by atoms with Crippen molar-refractivity contribution in [1.29, 1.82) is 5.26 Å². The van der Waals surface area contributed by atoms with Gasteiger partial charge in [0.1, 0.15) is 5.75 Å². The molecule has 0 aliphatic rings. The quantitative estimate of drug-likeness (QED) is 0.544. The van der Waals surface area contributed by atoms with Gasteiger partial charge in [-0.15, -0.1) is 0 Å². The van der Waals surface area contributed by atoms with E-state index < -0.39 is 0 Å². The zero-order valence-electron chi connectivity index (χ0n) is 14.4. The average molecular weight is 339 g/mol. The van der Waals surface area contributed by atoms with E-state index in [1.807, 2.05) is 60.9 Å². The molecule has 0 saturated carbocycles. The van der Waals surface area contributed by atoms with Crippen LogP contribution in [0.15, 0.2) is 73.1 Å². The third-order valence-corrected chi connectivity index (χ3v) is 4.49. The Bertz CT molecular complexity index is 1100. The van der Waals surface area contributed by atoms with Crippen molar-refractivity contribution in [2.45, 2.75) is 6.54 Å². The Morgan fingerprint density at radius 2 is 1.85 bits per heavy atom. The maximum Gasteiger partial charge on any atom is 0.118 e. The Morgan fingerprint density at radius 3 is 2.62 bits per heavy atom. The van der Waals surface area contributed by atoms with Crippen molar-refractivity contribution >= 4 is 11.0 Å². The van der Waals surface area contributed by atoms with E-state index in [4.69, 9.17) is 4.74 Å². The molecule has 0 aliphatic heterocycles. The van der Waals surface area contributed by atoms with Gasteiger partial charge in [0, 0.05) is 6.54 Å². The van der Waals surface area contributed by atoms with Gasteiger partial charge in [-0.2, -0.15) is 5.26 Å². The maximum atomic E-state index is 9.48. The highest BCUT2D eigenvalue weighted by atomic mass is 16.5. The van der Waals surface area contributed by atoms with Crippen LogP contribution in [0.1, 0.15) is 11.1 Å². The molecule has 4 rings (SSSR count). The number of nitrogens with zero attached hydrogens (tertiary/aromatic N) is 3. The normalized spacial score (nSPS) is 10.6. The predicted molar refractivity (Wildman–Crippen MR) is 102 cm³/mol. The topological polar surface area (TPSA) is 50.8 Å². The summed E-state index contributed by atoms with van der Waals surface area (Å²) in [5.41, 5.74) is 5.79. The van der Waals surface area contributed by atoms with Crippen molar-refractivity contribution in [2.75, 3.05) is 7.11 Å². The molecule has 0 atom stereocenters. The third kappa shape index (κ3) is 2.91. The lowest BCUT2D eigenvalue weighted by molar-refractivity contribution is 0.415. The van der Waals surface area contributed by atoms with Crippen LogP contribution < -0.4 is 4.74 Å². The second-order valence-corrected chi connectivity index (χ2v) is 6.08. The number of rotatable bonds is 4. The number of hydrogen-bond donors (Lipinski definition) is 0. The number of ether oxygens (including phenoxy) is 1. The van der Waals surface area contributed by atoms with Crippen LogP contribution in [0.4, 0.5) is 0 Å². The predicted octanol–water partition coefficient (Wildman–Crippen LogP) is 4.63. The molecule has 0 radical (unpaired) electrons. The summed E-state index contributed by atoms with van der Waals surface area (Å²) >= 11 is 0. The highest BCUT2D eigenvalue weighted by Gasteiger charge is 2.09. The molecule has 4 aromatic rings. The first-order chi connectivity index (χ1) is 12.8. The van der Waals surface area contributed by atoms with E-state index in [9.17, 15) is 5.26 Å². The van der Waals surface area contributed by atoms with E-state index in [1.54, 1.807) is 7.11 Å². The lowest BCUT2D eigenvalue weighted by Gasteiger charge is -2.10. The van der Waals surface area contributed by atoms with Gasteiger partial charge in [-0.25, -0.2) is 4.98 Å². The molecule has 0 spiro atoms. The zero-order chi connectivity index (χ0) is 17.9. The molecule has 1 aromatic heterocycles. The molecule has 3 aromatic carbocycles. The number of hydrogen-bond acceptors (Lipinski definition) is 3. The van der Waals surface area contributed by atoms with Crippen LogP contribution in [-0.4, -0.2) is 16.7 Å². The smallest absolute Gasteiger partial charge is 0.118 e. The van der Waals surface area contributed by atoms with Gasteiger partial charge in [0.25, 0.3) is 0 Å². The number of benzene rings is 3. The standard InChI is InChI=1S/C22H17N3O/c1-26-19-10-8-17(9-11-19)20-12-16(6-7-18(20)13-23)14-25-15-24-21-4-2-3-5-22(21)25/h2-12,15H,14H2,1H3. The van der Waals surface area contributed by atoms with Gasteiger partial charge in [-0.05, 0) is 53.1 Å². The summed E-state index contributed by atoms with van der Waals surface area (Å²) in [6, 6.07) is 24.1. The number of fused-ring (bicyclic) bond motifs is 1. The highest BCUT2D eigenvalue weighted by Crippen LogP contribution is 2.27. The van der Waals surface area contributed by atoms with Gasteiger partial charge < -0.3 is 9.30 Å². The van der Waals surface area contributed by atoms with E-state index >= 15 is 0 Å². The Morgan fingerprint density at radius 1 is 1.04 bits per heavy atom. The molecule has 0 bridgehead atoms. The van der Waals surface area contributed by atoms with Crippen LogP contribution in [0, 0.1) is 11.3 Å². The minimum Gasteiger partial charge on any atom is -0.497 e. The van der Waals surface area contributed by atoms with Gasteiger partial charge in [-0.1, -0.05) is 30.3 Å². The fourth-order valence-electron chi connectivity index (χ4n) is 3.13. The van der Waals surface area contributed by atoms with E-state index in [-0.39, 0.29) is 0 Å². The second kappa shape index (κ2) is 6.73. The summed E-state index contributed by atoms with van der Waals surface area (Å²) in [4.78, 5) is 4.44. The first-order valence-electron chi connectivity index (χ1n) is 8.36. The molecule has 1 heterocycles. The molecule has 4 nitrogen and oxygen atoms in total. The Hall–Kier alpha value is -3.58. The van der Waals surface area contributed by atoms with E-state index in [0.29, 0.717) is 12.1 Å². The average Bonchev–Trinajstić information content (AvgIpc) is 3.11. The largest absolute Gasteiger partial charge is 0.497 e. The van der Waals surface area contributed by atoms with Gasteiger partial charge in [-0.3, -0.25) is 0 Å². The first-order valence-corrected chi connectivity index (χ1v) is 8.36. The van der Waals surface area contributed by atoms with Crippen molar-refractivity contribution in [3.63, 3.8) is 0 Å². The number of para-hydroxylation sites is 2. The summed E-state index contributed by atoms with van der Waals surface area (Å²) in [7, 11) is 1.64. The SMILES string of the molecule is COc1ccc(-c2cc(Cn3cnc4ccccc43)ccc2C#N)cc1. The molecule has 4 heteroatoms. The van der Waals surface area contributed by atoms with Crippen LogP contribution in [0.2, 0.25) is 0 Å². The number of nitriles is 1. The fraction of sp³-hybridized carbons (Fsp3) is 0.0909. The van der Waals surface area contributed by atoms with E-state index in [0.717, 1.165) is 33.5 Å². The molecule has 26 heavy (non-hydrogen) atoms. The van der Waals surface area contributed by atoms with Crippen molar-refractivity contribution in [3.8, 4) is 22.9 Å². The lowest BCUT2D eigenvalue weighted by atomic mass is 9.97. The van der Waals surface area contributed by atoms with Gasteiger partial charge >= 0.3 is 0 Å². The number of methoxy groups -OCH3 is 1. The summed E-state index contributed by atoms with van der Waals surface area (Å²) in [6.45, 7) is 0.704. The molecule has 126 valence electrons. The number of aromatic nitrogens is 2. The highest BCUT2D eigenvalue weighted by molar-refractivity contribution is 5.75. The van der Waals surface area contributed by atoms with Crippen LogP contribution in [0.5, 0.6) is 5.75 Å². The molecule has 0 unspecified atom stereocenters. The van der Waals surface area contributed by atoms with Crippen molar-refractivity contribution in [1.82, 2.24) is 9.55 Å². The van der Waals surface area contributed by atoms with E-state index in [2.05, 4.69) is 27.8 Å². The summed E-state index contributed by atoms with van der Waals surface area (Å²) < 4.78 is 7.34. The van der Waals surface area contributed by atoms with Gasteiger partial charge in [0.15, 0.2) is 0 Å². The zero-order valence-corrected chi connectivity index (χ0v) is 14.4. The Balaban J connectivity index is 1.73. The fourth-order valence-corrected chi connectivity index (χ4v) is 3.13. The van der Waals surface area contributed by atoms with Crippen LogP contribution in [-0.2, 0) is 6.54 Å². The Kier molecular flexibility index (Phi) is 4.12. The van der Waals surface area contributed by atoms with Gasteiger partial charge in [0.2, 0.25) is 0 Å². The molecular weight excluding hydrogens is 322 g/mol. The Labute approximate surface area is 151 Å². The molecule has 0 saturated heterocycles. The first kappa shape index (κ1) is 15.9. The van der Waals surface area contributed by atoms with Crippen molar-refractivity contribution in [2.24, 2.45) is 0 Å². The van der Waals surface area contributed by atoms with E-state index in [1.165, 1.54) is 0 Å². The third-order valence-electron chi connectivity index (χ3n) is 4.49. The van der Waals surface area contributed by atoms with Crippen LogP contribution in [0.3, 0.4) is 0 Å². The summed E-state index contributed by atoms with van der Waals surface area (Å²) in [6.07, 6.45) is 1.86. The minimum atomic E-state index is 0.661. The van der Waals surface area contributed by atoms with Crippen LogP contribution >= 0.6 is 0 Å². The maximum absolute atomic E-state index is 9.48. The van der Waals surface area contributed by atoms with Crippen molar-refractivity contribution < 1.29 is 4.74 Å². The molecule has 0 N–H and O–H groups in total. The molecule has 0 amide bonds. The number of imidazole rings is 1. The molecule has 0 fully saturated rings. The van der Waals surface area contributed by atoms with Gasteiger partial charge in [0.05, 0.1) is 36.1 Å². The van der Waals surface area contributed by atoms with Crippen LogP contribution in [0.25, 0.3) is 22.2 Å². The monoisotopic (exact) mass is 339 g/mol.